The van der Waals surface area contributed by atoms with Crippen LogP contribution >= 0.6 is 11.6 Å². The lowest BCUT2D eigenvalue weighted by Crippen LogP contribution is -2.34. The van der Waals surface area contributed by atoms with E-state index >= 15 is 0 Å². The Hall–Kier alpha value is -3.33. The van der Waals surface area contributed by atoms with Gasteiger partial charge < -0.3 is 15.4 Å². The SMILES string of the molecule is CC(C)NC(=O)Nc1ccc(Cl)c(-c2cn3cc(NC(=O)OC(C)C)cnc3n2)c1. The number of amides is 3. The van der Waals surface area contributed by atoms with Crippen LogP contribution < -0.4 is 16.0 Å². The molecule has 10 heteroatoms. The Balaban J connectivity index is 1.85. The van der Waals surface area contributed by atoms with Crippen molar-refractivity contribution in [2.24, 2.45) is 0 Å². The topological polar surface area (TPSA) is 110 Å². The van der Waals surface area contributed by atoms with Crippen LogP contribution in [0.15, 0.2) is 36.8 Å². The van der Waals surface area contributed by atoms with E-state index in [1.165, 1.54) is 6.20 Å². The summed E-state index contributed by atoms with van der Waals surface area (Å²) >= 11 is 6.36. The first-order valence-corrected chi connectivity index (χ1v) is 9.79. The Bertz CT molecular complexity index is 1080. The molecule has 0 radical (unpaired) electrons. The second-order valence-corrected chi connectivity index (χ2v) is 7.61. The number of anilines is 2. The third kappa shape index (κ3) is 5.38. The number of halogens is 1. The van der Waals surface area contributed by atoms with E-state index in [0.29, 0.717) is 33.4 Å². The van der Waals surface area contributed by atoms with Crippen molar-refractivity contribution in [3.05, 3.63) is 41.8 Å². The number of urea groups is 1. The molecule has 0 atom stereocenters. The van der Waals surface area contributed by atoms with Gasteiger partial charge in [-0.25, -0.2) is 19.6 Å². The molecule has 3 amide bonds. The highest BCUT2D eigenvalue weighted by Gasteiger charge is 2.13. The number of hydrogen-bond acceptors (Lipinski definition) is 5. The van der Waals surface area contributed by atoms with E-state index < -0.39 is 6.09 Å². The van der Waals surface area contributed by atoms with Crippen molar-refractivity contribution in [1.29, 1.82) is 0 Å². The van der Waals surface area contributed by atoms with Gasteiger partial charge in [-0.1, -0.05) is 11.6 Å². The quantitative estimate of drug-likeness (QED) is 0.550. The number of rotatable bonds is 5. The molecule has 3 rings (SSSR count). The van der Waals surface area contributed by atoms with Gasteiger partial charge in [0.15, 0.2) is 0 Å². The summed E-state index contributed by atoms with van der Waals surface area (Å²) in [5.74, 6) is 0.430. The van der Waals surface area contributed by atoms with E-state index in [4.69, 9.17) is 16.3 Å². The summed E-state index contributed by atoms with van der Waals surface area (Å²) in [6.45, 7) is 7.29. The van der Waals surface area contributed by atoms with Crippen LogP contribution in [-0.2, 0) is 4.74 Å². The maximum Gasteiger partial charge on any atom is 0.411 e. The normalized spacial score (nSPS) is 11.0. The van der Waals surface area contributed by atoms with E-state index in [0.717, 1.165) is 0 Å². The Morgan fingerprint density at radius 2 is 1.87 bits per heavy atom. The first kappa shape index (κ1) is 21.4. The molecule has 158 valence electrons. The molecule has 30 heavy (non-hydrogen) atoms. The van der Waals surface area contributed by atoms with E-state index in [2.05, 4.69) is 25.9 Å². The molecule has 2 heterocycles. The second-order valence-electron chi connectivity index (χ2n) is 7.20. The summed E-state index contributed by atoms with van der Waals surface area (Å²) in [6.07, 6.45) is 4.11. The minimum atomic E-state index is -0.562. The molecule has 0 saturated carbocycles. The van der Waals surface area contributed by atoms with Crippen molar-refractivity contribution < 1.29 is 14.3 Å². The Morgan fingerprint density at radius 3 is 2.57 bits per heavy atom. The third-order valence-corrected chi connectivity index (χ3v) is 4.15. The fourth-order valence-electron chi connectivity index (χ4n) is 2.67. The lowest BCUT2D eigenvalue weighted by atomic mass is 10.1. The van der Waals surface area contributed by atoms with E-state index in [9.17, 15) is 9.59 Å². The molecule has 0 aliphatic rings. The van der Waals surface area contributed by atoms with Gasteiger partial charge in [-0.05, 0) is 45.9 Å². The van der Waals surface area contributed by atoms with E-state index in [-0.39, 0.29) is 18.2 Å². The molecule has 0 fully saturated rings. The standard InChI is InChI=1S/C20H23ClN6O3/c1-11(2)23-19(28)24-13-5-6-16(21)15(7-13)17-10-27-9-14(8-22-18(27)26-17)25-20(29)30-12(3)4/h5-12H,1-4H3,(H,25,29)(H2,23,24,28). The number of nitrogens with zero attached hydrogens (tertiary/aromatic N) is 3. The highest BCUT2D eigenvalue weighted by molar-refractivity contribution is 6.33. The lowest BCUT2D eigenvalue weighted by Gasteiger charge is -2.11. The number of fused-ring (bicyclic) bond motifs is 1. The third-order valence-electron chi connectivity index (χ3n) is 3.82. The van der Waals surface area contributed by atoms with Gasteiger partial charge in [0.05, 0.1) is 28.7 Å². The second kappa shape index (κ2) is 9.00. The highest BCUT2D eigenvalue weighted by atomic mass is 35.5. The van der Waals surface area contributed by atoms with Gasteiger partial charge >= 0.3 is 12.1 Å². The highest BCUT2D eigenvalue weighted by Crippen LogP contribution is 2.30. The molecule has 0 unspecified atom stereocenters. The van der Waals surface area contributed by atoms with Crippen LogP contribution in [0.1, 0.15) is 27.7 Å². The predicted octanol–water partition coefficient (Wildman–Crippen LogP) is 4.54. The van der Waals surface area contributed by atoms with Gasteiger partial charge in [-0.15, -0.1) is 0 Å². The number of hydrogen-bond donors (Lipinski definition) is 3. The number of benzene rings is 1. The van der Waals surface area contributed by atoms with Crippen LogP contribution in [0.2, 0.25) is 5.02 Å². The fraction of sp³-hybridized carbons (Fsp3) is 0.300. The van der Waals surface area contributed by atoms with Gasteiger partial charge in [-0.2, -0.15) is 0 Å². The number of ether oxygens (including phenoxy) is 1. The maximum atomic E-state index is 12.0. The van der Waals surface area contributed by atoms with Gasteiger partial charge in [0, 0.05) is 29.7 Å². The average Bonchev–Trinajstić information content (AvgIpc) is 3.05. The minimum Gasteiger partial charge on any atom is -0.447 e. The summed E-state index contributed by atoms with van der Waals surface area (Å²) < 4.78 is 6.73. The number of carbonyl (C=O) groups is 2. The number of nitrogens with one attached hydrogen (secondary N) is 3. The fourth-order valence-corrected chi connectivity index (χ4v) is 2.88. The largest absolute Gasteiger partial charge is 0.447 e. The van der Waals surface area contributed by atoms with Crippen LogP contribution in [0.3, 0.4) is 0 Å². The summed E-state index contributed by atoms with van der Waals surface area (Å²) in [4.78, 5) is 32.5. The Morgan fingerprint density at radius 1 is 1.10 bits per heavy atom. The molecule has 9 nitrogen and oxygen atoms in total. The van der Waals surface area contributed by atoms with Crippen LogP contribution in [0, 0.1) is 0 Å². The molecule has 0 aliphatic carbocycles. The van der Waals surface area contributed by atoms with Crippen molar-refractivity contribution in [3.8, 4) is 11.3 Å². The first-order valence-electron chi connectivity index (χ1n) is 9.41. The number of aromatic nitrogens is 3. The maximum absolute atomic E-state index is 12.0. The van der Waals surface area contributed by atoms with Crippen molar-refractivity contribution in [2.45, 2.75) is 39.8 Å². The molecule has 0 aliphatic heterocycles. The predicted molar refractivity (Wildman–Crippen MR) is 116 cm³/mol. The molecule has 0 bridgehead atoms. The van der Waals surface area contributed by atoms with Crippen molar-refractivity contribution >= 4 is 40.9 Å². The van der Waals surface area contributed by atoms with Crippen molar-refractivity contribution in [2.75, 3.05) is 10.6 Å². The zero-order valence-corrected chi connectivity index (χ0v) is 17.8. The van der Waals surface area contributed by atoms with Crippen molar-refractivity contribution in [1.82, 2.24) is 19.7 Å². The van der Waals surface area contributed by atoms with Crippen LogP contribution in [0.4, 0.5) is 21.0 Å². The molecule has 2 aromatic heterocycles. The minimum absolute atomic E-state index is 0.0157. The molecule has 3 aromatic rings. The molecular weight excluding hydrogens is 408 g/mol. The van der Waals surface area contributed by atoms with Crippen molar-refractivity contribution in [3.63, 3.8) is 0 Å². The Kier molecular flexibility index (Phi) is 6.41. The van der Waals surface area contributed by atoms with E-state index in [1.54, 1.807) is 48.8 Å². The number of imidazole rings is 1. The van der Waals surface area contributed by atoms with Crippen LogP contribution in [0.25, 0.3) is 17.0 Å². The van der Waals surface area contributed by atoms with Crippen LogP contribution in [0.5, 0.6) is 0 Å². The summed E-state index contributed by atoms with van der Waals surface area (Å²) in [7, 11) is 0. The molecule has 0 saturated heterocycles. The monoisotopic (exact) mass is 430 g/mol. The van der Waals surface area contributed by atoms with Gasteiger partial charge in [-0.3, -0.25) is 9.72 Å². The van der Waals surface area contributed by atoms with Gasteiger partial charge in [0.25, 0.3) is 0 Å². The lowest BCUT2D eigenvalue weighted by molar-refractivity contribution is 0.130. The summed E-state index contributed by atoms with van der Waals surface area (Å²) in [5.41, 5.74) is 2.25. The molecular formula is C20H23ClN6O3. The molecule has 1 aromatic carbocycles. The molecule has 3 N–H and O–H groups in total. The first-order chi connectivity index (χ1) is 14.2. The van der Waals surface area contributed by atoms with Gasteiger partial charge in [0.1, 0.15) is 0 Å². The summed E-state index contributed by atoms with van der Waals surface area (Å²) in [5, 5.41) is 8.63. The molecule has 0 spiro atoms. The van der Waals surface area contributed by atoms with Crippen LogP contribution in [-0.4, -0.2) is 38.6 Å². The average molecular weight is 431 g/mol. The zero-order valence-electron chi connectivity index (χ0n) is 17.1. The zero-order chi connectivity index (χ0) is 21.8. The van der Waals surface area contributed by atoms with E-state index in [1.807, 2.05) is 13.8 Å². The Labute approximate surface area is 178 Å². The van der Waals surface area contributed by atoms with Gasteiger partial charge in [0.2, 0.25) is 5.78 Å². The summed E-state index contributed by atoms with van der Waals surface area (Å²) in [6, 6.07) is 4.85. The number of carbonyl (C=O) groups excluding carboxylic acids is 2. The smallest absolute Gasteiger partial charge is 0.411 e.